The van der Waals surface area contributed by atoms with E-state index in [9.17, 15) is 9.59 Å². The summed E-state index contributed by atoms with van der Waals surface area (Å²) in [4.78, 5) is 25.5. The number of para-hydroxylation sites is 2. The number of amides is 2. The van der Waals surface area contributed by atoms with Crippen LogP contribution in [0.4, 0.5) is 5.69 Å². The number of carbonyl (C=O) groups is 2. The van der Waals surface area contributed by atoms with Crippen molar-refractivity contribution in [3.05, 3.63) is 89.2 Å². The third kappa shape index (κ3) is 7.17. The topological polar surface area (TPSA) is 107 Å². The van der Waals surface area contributed by atoms with Crippen LogP contribution in [0.15, 0.2) is 71.9 Å². The summed E-state index contributed by atoms with van der Waals surface area (Å²) >= 11 is 1.26. The number of ether oxygens (including phenoxy) is 2. The second-order valence-electron chi connectivity index (χ2n) is 8.86. The van der Waals surface area contributed by atoms with Crippen LogP contribution in [0.1, 0.15) is 22.5 Å². The van der Waals surface area contributed by atoms with Crippen molar-refractivity contribution in [3.63, 3.8) is 0 Å². The van der Waals surface area contributed by atoms with E-state index in [-0.39, 0.29) is 30.5 Å². The standard InChI is InChI=1S/C29H31N5O4S/c1-19-9-10-20(2)23(15-19)31-28(36)18-39-29-33-32-26(34(29)24-7-5-6-8-25(24)38-4)17-30-27(35)16-21-11-13-22(37-3)14-12-21/h5-15H,16-18H2,1-4H3,(H,30,35)(H,31,36). The first-order chi connectivity index (χ1) is 18.9. The fraction of sp³-hybridized carbons (Fsp3) is 0.241. The van der Waals surface area contributed by atoms with Gasteiger partial charge in [-0.15, -0.1) is 10.2 Å². The van der Waals surface area contributed by atoms with Crippen LogP contribution in [-0.2, 0) is 22.6 Å². The zero-order chi connectivity index (χ0) is 27.8. The molecule has 3 aromatic carbocycles. The van der Waals surface area contributed by atoms with Crippen molar-refractivity contribution < 1.29 is 19.1 Å². The molecule has 0 aliphatic heterocycles. The van der Waals surface area contributed by atoms with Gasteiger partial charge in [0.25, 0.3) is 0 Å². The number of benzene rings is 3. The molecule has 4 rings (SSSR count). The highest BCUT2D eigenvalue weighted by atomic mass is 32.2. The maximum atomic E-state index is 12.8. The number of nitrogens with zero attached hydrogens (tertiary/aromatic N) is 3. The molecule has 0 fully saturated rings. The highest BCUT2D eigenvalue weighted by molar-refractivity contribution is 7.99. The minimum Gasteiger partial charge on any atom is -0.497 e. The minimum absolute atomic E-state index is 0.129. The van der Waals surface area contributed by atoms with Crippen molar-refractivity contribution in [2.75, 3.05) is 25.3 Å². The van der Waals surface area contributed by atoms with E-state index in [0.29, 0.717) is 22.4 Å². The zero-order valence-electron chi connectivity index (χ0n) is 22.4. The predicted molar refractivity (Wildman–Crippen MR) is 152 cm³/mol. The molecule has 0 aliphatic carbocycles. The Morgan fingerprint density at radius 3 is 2.44 bits per heavy atom. The van der Waals surface area contributed by atoms with Gasteiger partial charge in [-0.05, 0) is 60.9 Å². The highest BCUT2D eigenvalue weighted by Crippen LogP contribution is 2.29. The van der Waals surface area contributed by atoms with E-state index in [1.165, 1.54) is 11.8 Å². The van der Waals surface area contributed by atoms with Gasteiger partial charge in [0.05, 0.1) is 38.6 Å². The molecule has 1 aromatic heterocycles. The number of aromatic nitrogens is 3. The summed E-state index contributed by atoms with van der Waals surface area (Å²) in [7, 11) is 3.19. The Morgan fingerprint density at radius 2 is 1.69 bits per heavy atom. The molecule has 1 heterocycles. The number of anilines is 1. The van der Waals surface area contributed by atoms with Crippen molar-refractivity contribution in [3.8, 4) is 17.2 Å². The maximum absolute atomic E-state index is 12.8. The fourth-order valence-electron chi connectivity index (χ4n) is 3.92. The minimum atomic E-state index is -0.156. The van der Waals surface area contributed by atoms with Gasteiger partial charge in [-0.1, -0.05) is 48.2 Å². The van der Waals surface area contributed by atoms with E-state index >= 15 is 0 Å². The quantitative estimate of drug-likeness (QED) is 0.267. The number of nitrogens with one attached hydrogen (secondary N) is 2. The third-order valence-electron chi connectivity index (χ3n) is 5.99. The van der Waals surface area contributed by atoms with Gasteiger partial charge in [-0.2, -0.15) is 0 Å². The van der Waals surface area contributed by atoms with Gasteiger partial charge in [0.1, 0.15) is 11.5 Å². The molecule has 0 atom stereocenters. The Morgan fingerprint density at radius 1 is 0.923 bits per heavy atom. The van der Waals surface area contributed by atoms with Crippen LogP contribution in [0, 0.1) is 13.8 Å². The molecule has 4 aromatic rings. The molecular weight excluding hydrogens is 514 g/mol. The average Bonchev–Trinajstić information content (AvgIpc) is 3.35. The molecule has 2 amide bonds. The van der Waals surface area contributed by atoms with E-state index < -0.39 is 0 Å². The summed E-state index contributed by atoms with van der Waals surface area (Å²) in [5.41, 5.74) is 4.42. The SMILES string of the molecule is COc1ccc(CC(=O)NCc2nnc(SCC(=O)Nc3cc(C)ccc3C)n2-c2ccccc2OC)cc1. The Kier molecular flexibility index (Phi) is 9.22. The van der Waals surface area contributed by atoms with Gasteiger partial charge >= 0.3 is 0 Å². The lowest BCUT2D eigenvalue weighted by Crippen LogP contribution is -2.26. The van der Waals surface area contributed by atoms with Crippen molar-refractivity contribution in [1.29, 1.82) is 0 Å². The first-order valence-corrected chi connectivity index (χ1v) is 13.3. The number of hydrogen-bond donors (Lipinski definition) is 2. The van der Waals surface area contributed by atoms with E-state index in [2.05, 4.69) is 20.8 Å². The summed E-state index contributed by atoms with van der Waals surface area (Å²) in [5.74, 6) is 1.68. The van der Waals surface area contributed by atoms with Gasteiger partial charge in [-0.25, -0.2) is 0 Å². The molecule has 0 saturated heterocycles. The van der Waals surface area contributed by atoms with Crippen LogP contribution in [0.25, 0.3) is 5.69 Å². The molecule has 10 heteroatoms. The van der Waals surface area contributed by atoms with Crippen molar-refractivity contribution in [2.45, 2.75) is 32.0 Å². The Hall–Kier alpha value is -4.31. The number of hydrogen-bond acceptors (Lipinski definition) is 7. The fourth-order valence-corrected chi connectivity index (χ4v) is 4.68. The number of thioether (sulfide) groups is 1. The molecule has 2 N–H and O–H groups in total. The Balaban J connectivity index is 1.49. The van der Waals surface area contributed by atoms with Gasteiger partial charge in [0.15, 0.2) is 11.0 Å². The largest absolute Gasteiger partial charge is 0.497 e. The van der Waals surface area contributed by atoms with Crippen LogP contribution in [0.3, 0.4) is 0 Å². The van der Waals surface area contributed by atoms with Gasteiger partial charge in [-0.3, -0.25) is 14.2 Å². The van der Waals surface area contributed by atoms with Crippen molar-refractivity contribution in [1.82, 2.24) is 20.1 Å². The number of rotatable bonds is 11. The second kappa shape index (κ2) is 13.0. The van der Waals surface area contributed by atoms with E-state index in [1.54, 1.807) is 14.2 Å². The summed E-state index contributed by atoms with van der Waals surface area (Å²) in [6.45, 7) is 4.09. The molecule has 0 aliphatic rings. The molecule has 0 spiro atoms. The van der Waals surface area contributed by atoms with Crippen molar-refractivity contribution in [2.24, 2.45) is 0 Å². The summed E-state index contributed by atoms with van der Waals surface area (Å²) < 4.78 is 12.6. The number of carbonyl (C=O) groups excluding carboxylic acids is 2. The maximum Gasteiger partial charge on any atom is 0.234 e. The highest BCUT2D eigenvalue weighted by Gasteiger charge is 2.19. The molecular formula is C29H31N5O4S. The Bertz CT molecular complexity index is 1450. The molecule has 39 heavy (non-hydrogen) atoms. The third-order valence-corrected chi connectivity index (χ3v) is 6.92. The zero-order valence-corrected chi connectivity index (χ0v) is 23.2. The monoisotopic (exact) mass is 545 g/mol. The van der Waals surface area contributed by atoms with Gasteiger partial charge < -0.3 is 20.1 Å². The lowest BCUT2D eigenvalue weighted by molar-refractivity contribution is -0.120. The van der Waals surface area contributed by atoms with Crippen LogP contribution < -0.4 is 20.1 Å². The number of methoxy groups -OCH3 is 2. The molecule has 0 unspecified atom stereocenters. The van der Waals surface area contributed by atoms with Gasteiger partial charge in [0.2, 0.25) is 11.8 Å². The van der Waals surface area contributed by atoms with E-state index in [4.69, 9.17) is 9.47 Å². The van der Waals surface area contributed by atoms with Crippen LogP contribution in [0.2, 0.25) is 0 Å². The first kappa shape index (κ1) is 27.7. The average molecular weight is 546 g/mol. The lowest BCUT2D eigenvalue weighted by atomic mass is 10.1. The van der Waals surface area contributed by atoms with Gasteiger partial charge in [0, 0.05) is 5.69 Å². The first-order valence-electron chi connectivity index (χ1n) is 12.3. The second-order valence-corrected chi connectivity index (χ2v) is 9.81. The molecule has 0 saturated carbocycles. The Labute approximate surface area is 231 Å². The summed E-state index contributed by atoms with van der Waals surface area (Å²) in [6.07, 6.45) is 0.215. The van der Waals surface area contributed by atoms with E-state index in [0.717, 1.165) is 28.1 Å². The molecule has 9 nitrogen and oxygen atoms in total. The van der Waals surface area contributed by atoms with Crippen LogP contribution in [-0.4, -0.2) is 46.6 Å². The van der Waals surface area contributed by atoms with Crippen LogP contribution >= 0.6 is 11.8 Å². The lowest BCUT2D eigenvalue weighted by Gasteiger charge is -2.14. The molecule has 0 radical (unpaired) electrons. The summed E-state index contributed by atoms with van der Waals surface area (Å²) in [5, 5.41) is 15.1. The normalized spacial score (nSPS) is 10.7. The predicted octanol–water partition coefficient (Wildman–Crippen LogP) is 4.49. The smallest absolute Gasteiger partial charge is 0.234 e. The van der Waals surface area contributed by atoms with Crippen molar-refractivity contribution >= 4 is 29.3 Å². The summed E-state index contributed by atoms with van der Waals surface area (Å²) in [6, 6.07) is 20.7. The molecule has 202 valence electrons. The van der Waals surface area contributed by atoms with E-state index in [1.807, 2.05) is 85.1 Å². The van der Waals surface area contributed by atoms with Crippen LogP contribution in [0.5, 0.6) is 11.5 Å². The molecule has 0 bridgehead atoms. The number of aryl methyl sites for hydroxylation is 2.